The quantitative estimate of drug-likeness (QED) is 0.607. The minimum atomic E-state index is 0.162. The van der Waals surface area contributed by atoms with Crippen molar-refractivity contribution in [3.05, 3.63) is 57.2 Å². The first-order chi connectivity index (χ1) is 11.1. The van der Waals surface area contributed by atoms with Crippen molar-refractivity contribution in [2.45, 2.75) is 13.5 Å². The van der Waals surface area contributed by atoms with E-state index in [1.54, 1.807) is 31.3 Å². The molecule has 1 aliphatic heterocycles. The van der Waals surface area contributed by atoms with Crippen LogP contribution >= 0.6 is 23.2 Å². The molecule has 0 saturated heterocycles. The molecule has 0 fully saturated rings. The van der Waals surface area contributed by atoms with Crippen molar-refractivity contribution in [1.29, 1.82) is 0 Å². The first-order valence-electron chi connectivity index (χ1n) is 6.92. The van der Waals surface area contributed by atoms with Crippen LogP contribution in [-0.2, 0) is 16.1 Å². The molecule has 1 aromatic rings. The highest BCUT2D eigenvalue weighted by Crippen LogP contribution is 2.26. The second-order valence-electron chi connectivity index (χ2n) is 4.59. The van der Waals surface area contributed by atoms with Crippen molar-refractivity contribution in [2.24, 2.45) is 0 Å². The van der Waals surface area contributed by atoms with E-state index in [9.17, 15) is 4.79 Å². The zero-order valence-corrected chi connectivity index (χ0v) is 14.2. The van der Waals surface area contributed by atoms with Crippen molar-refractivity contribution in [1.82, 2.24) is 10.6 Å². The third-order valence-corrected chi connectivity index (χ3v) is 3.58. The van der Waals surface area contributed by atoms with Gasteiger partial charge in [0.2, 0.25) is 0 Å². The maximum absolute atomic E-state index is 11.0. The minimum Gasteiger partial charge on any atom is -0.495 e. The lowest BCUT2D eigenvalue weighted by molar-refractivity contribution is 0.229. The van der Waals surface area contributed by atoms with E-state index in [4.69, 9.17) is 32.7 Å². The van der Waals surface area contributed by atoms with E-state index in [0.717, 1.165) is 5.56 Å². The van der Waals surface area contributed by atoms with Crippen LogP contribution in [0.15, 0.2) is 46.6 Å². The maximum atomic E-state index is 11.0. The van der Waals surface area contributed by atoms with Crippen LogP contribution in [0.4, 0.5) is 0 Å². The molecule has 122 valence electrons. The van der Waals surface area contributed by atoms with Crippen molar-refractivity contribution in [2.75, 3.05) is 13.7 Å². The van der Waals surface area contributed by atoms with Crippen LogP contribution in [0.1, 0.15) is 12.5 Å². The summed E-state index contributed by atoms with van der Waals surface area (Å²) in [6, 6.07) is 5.48. The SMILES string of the molecule is CCOC1=C(NCc2ccc(OC)c(Cl)c2)C=C(Cl)NC1=C=O. The normalized spacial score (nSPS) is 13.9. The van der Waals surface area contributed by atoms with E-state index >= 15 is 0 Å². The summed E-state index contributed by atoms with van der Waals surface area (Å²) in [5.41, 5.74) is 1.70. The fourth-order valence-corrected chi connectivity index (χ4v) is 2.54. The topological polar surface area (TPSA) is 59.6 Å². The Kier molecular flexibility index (Phi) is 5.99. The molecule has 1 heterocycles. The van der Waals surface area contributed by atoms with Gasteiger partial charge in [-0.1, -0.05) is 29.3 Å². The average molecular weight is 355 g/mol. The lowest BCUT2D eigenvalue weighted by atomic mass is 10.2. The molecule has 0 saturated carbocycles. The number of halogens is 2. The molecule has 0 bridgehead atoms. The van der Waals surface area contributed by atoms with E-state index in [0.29, 0.717) is 40.5 Å². The largest absolute Gasteiger partial charge is 0.495 e. The first kappa shape index (κ1) is 17.3. The Hall–Kier alpha value is -2.07. The molecule has 1 aromatic carbocycles. The standard InChI is InChI=1S/C16H16Cl2N2O3/c1-3-23-16-12(7-15(18)20-13(16)9-21)19-8-10-4-5-14(22-2)11(17)6-10/h4-7,19-20H,3,8H2,1-2H3. The molecule has 23 heavy (non-hydrogen) atoms. The molecule has 2 rings (SSSR count). The fourth-order valence-electron chi connectivity index (χ4n) is 2.05. The van der Waals surface area contributed by atoms with E-state index < -0.39 is 0 Å². The Morgan fingerprint density at radius 1 is 1.35 bits per heavy atom. The van der Waals surface area contributed by atoms with E-state index in [1.165, 1.54) is 0 Å². The highest BCUT2D eigenvalue weighted by atomic mass is 35.5. The summed E-state index contributed by atoms with van der Waals surface area (Å²) in [4.78, 5) is 11.0. The molecule has 0 aromatic heterocycles. The average Bonchev–Trinajstić information content (AvgIpc) is 2.54. The second-order valence-corrected chi connectivity index (χ2v) is 5.41. The summed E-state index contributed by atoms with van der Waals surface area (Å²) in [7, 11) is 1.56. The molecule has 2 N–H and O–H groups in total. The number of allylic oxidation sites excluding steroid dienone is 1. The van der Waals surface area contributed by atoms with E-state index in [1.807, 2.05) is 13.0 Å². The Morgan fingerprint density at radius 3 is 2.74 bits per heavy atom. The number of methoxy groups -OCH3 is 1. The number of rotatable bonds is 6. The van der Waals surface area contributed by atoms with Gasteiger partial charge >= 0.3 is 0 Å². The van der Waals surface area contributed by atoms with Crippen molar-refractivity contribution >= 4 is 29.1 Å². The van der Waals surface area contributed by atoms with Gasteiger partial charge in [-0.15, -0.1) is 0 Å². The predicted molar refractivity (Wildman–Crippen MR) is 89.8 cm³/mol. The van der Waals surface area contributed by atoms with Crippen LogP contribution in [0.5, 0.6) is 5.75 Å². The Morgan fingerprint density at radius 2 is 2.13 bits per heavy atom. The summed E-state index contributed by atoms with van der Waals surface area (Å²) in [6.07, 6.45) is 1.65. The number of hydrogen-bond acceptors (Lipinski definition) is 5. The number of carbonyl (C=O) groups excluding carboxylic acids is 1. The number of ether oxygens (including phenoxy) is 2. The summed E-state index contributed by atoms with van der Waals surface area (Å²) in [5.74, 6) is 2.78. The fraction of sp³-hybridized carbons (Fsp3) is 0.250. The molecule has 0 atom stereocenters. The number of nitrogens with one attached hydrogen (secondary N) is 2. The maximum Gasteiger partial charge on any atom is 0.177 e. The number of dihydropyridines is 1. The molecule has 1 aliphatic rings. The van der Waals surface area contributed by atoms with Gasteiger partial charge in [-0.25, -0.2) is 4.79 Å². The van der Waals surface area contributed by atoms with Crippen LogP contribution in [0.2, 0.25) is 5.02 Å². The lowest BCUT2D eigenvalue weighted by Crippen LogP contribution is -2.25. The lowest BCUT2D eigenvalue weighted by Gasteiger charge is -2.21. The van der Waals surface area contributed by atoms with Crippen LogP contribution in [-0.4, -0.2) is 19.7 Å². The van der Waals surface area contributed by atoms with E-state index in [-0.39, 0.29) is 5.70 Å². The molecule has 0 amide bonds. The van der Waals surface area contributed by atoms with Gasteiger partial charge in [-0.2, -0.15) is 0 Å². The highest BCUT2D eigenvalue weighted by molar-refractivity contribution is 6.32. The second kappa shape index (κ2) is 7.97. The predicted octanol–water partition coefficient (Wildman–Crippen LogP) is 3.09. The molecular formula is C16H16Cl2N2O3. The highest BCUT2D eigenvalue weighted by Gasteiger charge is 2.19. The zero-order chi connectivity index (χ0) is 16.8. The van der Waals surface area contributed by atoms with Crippen LogP contribution in [0, 0.1) is 0 Å². The molecule has 0 spiro atoms. The van der Waals surface area contributed by atoms with Crippen molar-refractivity contribution in [3.63, 3.8) is 0 Å². The van der Waals surface area contributed by atoms with Crippen molar-refractivity contribution in [3.8, 4) is 5.75 Å². The molecule has 0 unspecified atom stereocenters. The van der Waals surface area contributed by atoms with Gasteiger partial charge in [-0.3, -0.25) is 0 Å². The summed E-state index contributed by atoms with van der Waals surface area (Å²) >= 11 is 12.1. The van der Waals surface area contributed by atoms with Gasteiger partial charge < -0.3 is 20.1 Å². The smallest absolute Gasteiger partial charge is 0.177 e. The summed E-state index contributed by atoms with van der Waals surface area (Å²) in [6.45, 7) is 2.71. The third kappa shape index (κ3) is 4.23. The zero-order valence-electron chi connectivity index (χ0n) is 12.7. The molecule has 0 aliphatic carbocycles. The van der Waals surface area contributed by atoms with Crippen molar-refractivity contribution < 1.29 is 14.3 Å². The van der Waals surface area contributed by atoms with Crippen LogP contribution in [0.25, 0.3) is 0 Å². The van der Waals surface area contributed by atoms with Gasteiger partial charge in [0.25, 0.3) is 0 Å². The van der Waals surface area contributed by atoms with Crippen LogP contribution < -0.4 is 15.4 Å². The third-order valence-electron chi connectivity index (χ3n) is 3.08. The number of hydrogen-bond donors (Lipinski definition) is 2. The molecular weight excluding hydrogens is 339 g/mol. The van der Waals surface area contributed by atoms with Gasteiger partial charge in [0.05, 0.1) is 24.4 Å². The molecule has 0 radical (unpaired) electrons. The summed E-state index contributed by atoms with van der Waals surface area (Å²) < 4.78 is 10.6. The first-order valence-corrected chi connectivity index (χ1v) is 7.67. The van der Waals surface area contributed by atoms with E-state index in [2.05, 4.69) is 10.6 Å². The van der Waals surface area contributed by atoms with Crippen LogP contribution in [0.3, 0.4) is 0 Å². The van der Waals surface area contributed by atoms with Gasteiger partial charge in [0, 0.05) is 12.6 Å². The summed E-state index contributed by atoms with van der Waals surface area (Å²) in [5, 5.41) is 6.73. The van der Waals surface area contributed by atoms with Gasteiger partial charge in [0.15, 0.2) is 17.4 Å². The molecule has 5 nitrogen and oxygen atoms in total. The minimum absolute atomic E-state index is 0.162. The Balaban J connectivity index is 2.22. The van der Waals surface area contributed by atoms with Gasteiger partial charge in [-0.05, 0) is 24.6 Å². The molecule has 7 heteroatoms. The Bertz CT molecular complexity index is 707. The number of benzene rings is 1. The Labute approximate surface area is 144 Å². The monoisotopic (exact) mass is 354 g/mol. The van der Waals surface area contributed by atoms with Gasteiger partial charge in [0.1, 0.15) is 10.9 Å².